The Bertz CT molecular complexity index is 853. The first-order valence-corrected chi connectivity index (χ1v) is 7.93. The van der Waals surface area contributed by atoms with Crippen molar-refractivity contribution in [3.8, 4) is 0 Å². The fourth-order valence-corrected chi connectivity index (χ4v) is 3.23. The number of carbonyl (C=O) groups excluding carboxylic acids is 1. The summed E-state index contributed by atoms with van der Waals surface area (Å²) in [6, 6.07) is 3.67. The lowest BCUT2D eigenvalue weighted by molar-refractivity contribution is -0.134. The topological polar surface area (TPSA) is 79.7 Å². The second kappa shape index (κ2) is 5.92. The third kappa shape index (κ3) is 2.47. The monoisotopic (exact) mass is 322 g/mol. The Hall–Kier alpha value is -2.96. The van der Waals surface area contributed by atoms with Gasteiger partial charge >= 0.3 is 0 Å². The molecule has 1 aliphatic rings. The summed E-state index contributed by atoms with van der Waals surface area (Å²) in [6.45, 7) is 2.83. The number of nitrogens with zero attached hydrogens (tertiary/aromatic N) is 5. The van der Waals surface area contributed by atoms with Gasteiger partial charge in [-0.05, 0) is 18.6 Å². The Labute approximate surface area is 139 Å². The molecule has 0 saturated heterocycles. The lowest BCUT2D eigenvalue weighted by Gasteiger charge is -2.35. The molecule has 24 heavy (non-hydrogen) atoms. The number of carbonyl (C=O) groups is 1. The van der Waals surface area contributed by atoms with Crippen LogP contribution in [0.15, 0.2) is 43.2 Å². The van der Waals surface area contributed by atoms with Crippen molar-refractivity contribution in [1.29, 1.82) is 0 Å². The summed E-state index contributed by atoms with van der Waals surface area (Å²) in [6.07, 6.45) is 9.55. The normalized spacial score (nSPS) is 16.9. The summed E-state index contributed by atoms with van der Waals surface area (Å²) >= 11 is 0. The molecule has 1 atom stereocenters. The molecule has 0 aliphatic carbocycles. The molecule has 3 aromatic heterocycles. The largest absolute Gasteiger partial charge is 0.348 e. The van der Waals surface area contributed by atoms with Crippen LogP contribution in [0.4, 0.5) is 0 Å². The molecular weight excluding hydrogens is 304 g/mol. The number of hydrogen-bond acceptors (Lipinski definition) is 4. The highest BCUT2D eigenvalue weighted by molar-refractivity contribution is 5.77. The maximum atomic E-state index is 13.0. The Morgan fingerprint density at radius 1 is 1.38 bits per heavy atom. The second-order valence-electron chi connectivity index (χ2n) is 5.89. The predicted octanol–water partition coefficient (Wildman–Crippen LogP) is 1.48. The number of hydrogen-bond donors (Lipinski definition) is 1. The van der Waals surface area contributed by atoms with Crippen LogP contribution in [0.2, 0.25) is 0 Å². The number of imidazole rings is 2. The van der Waals surface area contributed by atoms with Crippen LogP contribution in [0.3, 0.4) is 0 Å². The molecule has 122 valence electrons. The Morgan fingerprint density at radius 3 is 3.04 bits per heavy atom. The van der Waals surface area contributed by atoms with E-state index in [0.29, 0.717) is 6.54 Å². The minimum Gasteiger partial charge on any atom is -0.348 e. The van der Waals surface area contributed by atoms with Gasteiger partial charge in [0.25, 0.3) is 0 Å². The third-order valence-corrected chi connectivity index (χ3v) is 4.47. The fourth-order valence-electron chi connectivity index (χ4n) is 3.23. The number of rotatable bonds is 3. The van der Waals surface area contributed by atoms with E-state index in [4.69, 9.17) is 0 Å². The molecule has 3 aromatic rings. The van der Waals surface area contributed by atoms with E-state index in [1.165, 1.54) is 0 Å². The summed E-state index contributed by atoms with van der Waals surface area (Å²) in [5, 5.41) is 0. The minimum atomic E-state index is -0.204. The van der Waals surface area contributed by atoms with E-state index in [-0.39, 0.29) is 18.5 Å². The van der Waals surface area contributed by atoms with Gasteiger partial charge in [0.05, 0.1) is 12.0 Å². The summed E-state index contributed by atoms with van der Waals surface area (Å²) in [7, 11) is 0. The van der Waals surface area contributed by atoms with E-state index >= 15 is 0 Å². The van der Waals surface area contributed by atoms with Gasteiger partial charge in [-0.1, -0.05) is 6.07 Å². The SMILES string of the molecule is Cc1nccn1CC(=O)N1CCc2[nH]cnc2C1c1cccnc1. The zero-order chi connectivity index (χ0) is 16.5. The molecular formula is C17H18N6O. The number of pyridine rings is 1. The first-order chi connectivity index (χ1) is 11.7. The van der Waals surface area contributed by atoms with Gasteiger partial charge < -0.3 is 14.5 Å². The highest BCUT2D eigenvalue weighted by Crippen LogP contribution is 2.33. The van der Waals surface area contributed by atoms with Crippen molar-refractivity contribution in [2.24, 2.45) is 0 Å². The number of H-pyrrole nitrogens is 1. The number of fused-ring (bicyclic) bond motifs is 1. The van der Waals surface area contributed by atoms with Crippen LogP contribution in [0.5, 0.6) is 0 Å². The van der Waals surface area contributed by atoms with Crippen molar-refractivity contribution in [2.45, 2.75) is 25.9 Å². The lowest BCUT2D eigenvalue weighted by atomic mass is 9.96. The number of amides is 1. The third-order valence-electron chi connectivity index (χ3n) is 4.47. The summed E-state index contributed by atoms with van der Waals surface area (Å²) in [5.41, 5.74) is 2.97. The van der Waals surface area contributed by atoms with E-state index in [2.05, 4.69) is 19.9 Å². The van der Waals surface area contributed by atoms with Gasteiger partial charge in [-0.15, -0.1) is 0 Å². The molecule has 7 nitrogen and oxygen atoms in total. The molecule has 1 aliphatic heterocycles. The molecule has 0 spiro atoms. The van der Waals surface area contributed by atoms with Crippen LogP contribution < -0.4 is 0 Å². The van der Waals surface area contributed by atoms with Gasteiger partial charge in [-0.3, -0.25) is 9.78 Å². The number of aromatic nitrogens is 5. The van der Waals surface area contributed by atoms with Crippen molar-refractivity contribution in [3.63, 3.8) is 0 Å². The first kappa shape index (κ1) is 14.6. The van der Waals surface area contributed by atoms with Gasteiger partial charge in [-0.25, -0.2) is 9.97 Å². The maximum Gasteiger partial charge on any atom is 0.243 e. The molecule has 1 unspecified atom stereocenters. The number of nitrogens with one attached hydrogen (secondary N) is 1. The average Bonchev–Trinajstić information content (AvgIpc) is 3.24. The maximum absolute atomic E-state index is 13.0. The minimum absolute atomic E-state index is 0.0543. The van der Waals surface area contributed by atoms with E-state index in [1.807, 2.05) is 34.7 Å². The van der Waals surface area contributed by atoms with Gasteiger partial charge in [0.1, 0.15) is 18.4 Å². The first-order valence-electron chi connectivity index (χ1n) is 7.93. The smallest absolute Gasteiger partial charge is 0.243 e. The average molecular weight is 322 g/mol. The summed E-state index contributed by atoms with van der Waals surface area (Å²) in [4.78, 5) is 30.9. The van der Waals surface area contributed by atoms with Crippen LogP contribution in [0.1, 0.15) is 28.8 Å². The molecule has 0 saturated carbocycles. The summed E-state index contributed by atoms with van der Waals surface area (Å²) in [5.74, 6) is 0.886. The van der Waals surface area contributed by atoms with E-state index in [1.54, 1.807) is 24.9 Å². The van der Waals surface area contributed by atoms with Crippen molar-refractivity contribution in [1.82, 2.24) is 29.4 Å². The molecule has 4 rings (SSSR count). The van der Waals surface area contributed by atoms with Gasteiger partial charge in [0.2, 0.25) is 5.91 Å². The van der Waals surface area contributed by atoms with Crippen molar-refractivity contribution < 1.29 is 4.79 Å². The quantitative estimate of drug-likeness (QED) is 0.792. The Kier molecular flexibility index (Phi) is 3.60. The number of aryl methyl sites for hydroxylation is 1. The Balaban J connectivity index is 1.69. The molecule has 0 aromatic carbocycles. The Morgan fingerprint density at radius 2 is 2.29 bits per heavy atom. The second-order valence-corrected chi connectivity index (χ2v) is 5.89. The molecule has 1 N–H and O–H groups in total. The van der Waals surface area contributed by atoms with Crippen LogP contribution in [0, 0.1) is 6.92 Å². The van der Waals surface area contributed by atoms with E-state index in [9.17, 15) is 4.79 Å². The zero-order valence-electron chi connectivity index (χ0n) is 13.4. The van der Waals surface area contributed by atoms with E-state index < -0.39 is 0 Å². The van der Waals surface area contributed by atoms with Gasteiger partial charge in [0.15, 0.2) is 0 Å². The van der Waals surface area contributed by atoms with Crippen molar-refractivity contribution in [2.75, 3.05) is 6.54 Å². The molecule has 1 amide bonds. The van der Waals surface area contributed by atoms with Crippen LogP contribution >= 0.6 is 0 Å². The van der Waals surface area contributed by atoms with Gasteiger partial charge in [-0.2, -0.15) is 0 Å². The molecule has 7 heteroatoms. The predicted molar refractivity (Wildman–Crippen MR) is 87.0 cm³/mol. The molecule has 0 radical (unpaired) electrons. The standard InChI is InChI=1S/C17H18N6O/c1-12-19-6-8-22(12)10-15(24)23-7-4-14-16(21-11-20-14)17(23)13-3-2-5-18-9-13/h2-3,5-6,8-9,11,17H,4,7,10H2,1H3,(H,20,21). The number of aromatic amines is 1. The molecule has 4 heterocycles. The van der Waals surface area contributed by atoms with E-state index in [0.717, 1.165) is 29.2 Å². The zero-order valence-corrected chi connectivity index (χ0v) is 13.4. The molecule has 0 fully saturated rings. The van der Waals surface area contributed by atoms with Crippen molar-refractivity contribution >= 4 is 5.91 Å². The highest BCUT2D eigenvalue weighted by atomic mass is 16.2. The molecule has 0 bridgehead atoms. The van der Waals surface area contributed by atoms with Crippen LogP contribution in [-0.4, -0.2) is 41.9 Å². The van der Waals surface area contributed by atoms with Crippen LogP contribution in [0.25, 0.3) is 0 Å². The van der Waals surface area contributed by atoms with Crippen LogP contribution in [-0.2, 0) is 17.8 Å². The lowest BCUT2D eigenvalue weighted by Crippen LogP contribution is -2.42. The summed E-state index contributed by atoms with van der Waals surface area (Å²) < 4.78 is 1.86. The fraction of sp³-hybridized carbons (Fsp3) is 0.294. The van der Waals surface area contributed by atoms with Gasteiger partial charge in [0, 0.05) is 43.4 Å². The highest BCUT2D eigenvalue weighted by Gasteiger charge is 2.34. The van der Waals surface area contributed by atoms with Crippen molar-refractivity contribution in [3.05, 3.63) is 66.0 Å².